The van der Waals surface area contributed by atoms with Gasteiger partial charge >= 0.3 is 0 Å². The van der Waals surface area contributed by atoms with Crippen molar-refractivity contribution >= 4 is 33.8 Å². The number of aldehydes is 1. The molecule has 0 aliphatic carbocycles. The molecule has 0 aromatic carbocycles. The van der Waals surface area contributed by atoms with Crippen LogP contribution in [0.1, 0.15) is 0 Å². The van der Waals surface area contributed by atoms with Crippen LogP contribution in [0.5, 0.6) is 0 Å². The first-order chi connectivity index (χ1) is 2.56. The van der Waals surface area contributed by atoms with Crippen LogP contribution in [0.25, 0.3) is 0 Å². The monoisotopic (exact) mass is 174 g/mol. The highest BCUT2D eigenvalue weighted by atomic mass is 79.9. The van der Waals surface area contributed by atoms with E-state index in [1.165, 1.54) is 0 Å². The van der Waals surface area contributed by atoms with Crippen LogP contribution < -0.4 is 0 Å². The summed E-state index contributed by atoms with van der Waals surface area (Å²) in [6.07, 6.45) is -0.0471. The smallest absolute Gasteiger partial charge is 0.292 e. The Morgan fingerprint density at radius 2 is 2.17 bits per heavy atom. The van der Waals surface area contributed by atoms with Crippen molar-refractivity contribution in [3.63, 3.8) is 0 Å². The van der Waals surface area contributed by atoms with E-state index in [-0.39, 0.29) is 6.29 Å². The fourth-order valence-corrected chi connectivity index (χ4v) is 0. The predicted octanol–water partition coefficient (Wildman–Crippen LogP) is 1.44. The van der Waals surface area contributed by atoms with Crippen molar-refractivity contribution in [2.45, 2.75) is 4.04 Å². The maximum absolute atomic E-state index is 11.4. The molecule has 1 atom stereocenters. The van der Waals surface area contributed by atoms with Gasteiger partial charge in [-0.1, -0.05) is 11.6 Å². The predicted molar refractivity (Wildman–Crippen MR) is 24.7 cm³/mol. The molecule has 0 spiro atoms. The van der Waals surface area contributed by atoms with Gasteiger partial charge in [0.15, 0.2) is 6.29 Å². The minimum atomic E-state index is -2.35. The lowest BCUT2D eigenvalue weighted by atomic mass is 10.9. The maximum Gasteiger partial charge on any atom is 0.292 e. The number of carbonyl (C=O) groups is 1. The summed E-state index contributed by atoms with van der Waals surface area (Å²) in [5, 5.41) is 0. The lowest BCUT2D eigenvalue weighted by molar-refractivity contribution is -0.110. The number of alkyl halides is 3. The van der Waals surface area contributed by atoms with E-state index >= 15 is 0 Å². The fraction of sp³-hybridized carbons (Fsp3) is 0.500. The van der Waals surface area contributed by atoms with Crippen LogP contribution in [0.3, 0.4) is 0 Å². The van der Waals surface area contributed by atoms with Crippen molar-refractivity contribution in [3.8, 4) is 0 Å². The molecule has 0 saturated heterocycles. The lowest BCUT2D eigenvalue weighted by Gasteiger charge is -1.92. The molecular weight excluding hydrogens is 174 g/mol. The van der Waals surface area contributed by atoms with Crippen LogP contribution in [0, 0.1) is 0 Å². The lowest BCUT2D eigenvalue weighted by Crippen LogP contribution is -2.01. The summed E-state index contributed by atoms with van der Waals surface area (Å²) < 4.78 is 9.08. The molecule has 0 bridgehead atoms. The third kappa shape index (κ3) is 4.37. The Bertz CT molecular complexity index is 59.1. The Hall–Kier alpha value is 0.370. The molecule has 0 aliphatic heterocycles. The Labute approximate surface area is 47.6 Å². The summed E-state index contributed by atoms with van der Waals surface area (Å²) in [6, 6.07) is 0. The Kier molecular flexibility index (Phi) is 2.00. The van der Waals surface area contributed by atoms with Crippen LogP contribution in [-0.4, -0.2) is 10.3 Å². The summed E-state index contributed by atoms with van der Waals surface area (Å²) in [7, 11) is 0. The first kappa shape index (κ1) is 6.37. The molecule has 0 aromatic heterocycles. The van der Waals surface area contributed by atoms with Gasteiger partial charge in [-0.25, -0.2) is 4.39 Å². The highest BCUT2D eigenvalue weighted by Gasteiger charge is 2.18. The van der Waals surface area contributed by atoms with Gasteiger partial charge in [-0.15, -0.1) is 0 Å². The SMILES string of the molecule is O=CC(F)(Cl)Br. The molecule has 6 heavy (non-hydrogen) atoms. The Morgan fingerprint density at radius 1 is 2.00 bits per heavy atom. The van der Waals surface area contributed by atoms with Crippen LogP contribution in [0.15, 0.2) is 0 Å². The largest absolute Gasteiger partial charge is 0.297 e. The zero-order chi connectivity index (χ0) is 5.21. The van der Waals surface area contributed by atoms with Gasteiger partial charge in [-0.3, -0.25) is 4.79 Å². The molecule has 4 heteroatoms. The number of halogens is 3. The molecule has 0 fully saturated rings. The van der Waals surface area contributed by atoms with E-state index in [9.17, 15) is 9.18 Å². The second-order valence-corrected chi connectivity index (χ2v) is 2.82. The quantitative estimate of drug-likeness (QED) is 0.435. The van der Waals surface area contributed by atoms with E-state index in [2.05, 4.69) is 27.5 Å². The number of carbonyl (C=O) groups excluding carboxylic acids is 1. The zero-order valence-electron chi connectivity index (χ0n) is 2.62. The minimum Gasteiger partial charge on any atom is -0.297 e. The van der Waals surface area contributed by atoms with Crippen LogP contribution in [-0.2, 0) is 4.79 Å². The number of hydrogen-bond donors (Lipinski definition) is 0. The Balaban J connectivity index is 3.45. The fourth-order valence-electron chi connectivity index (χ4n) is 0. The second-order valence-electron chi connectivity index (χ2n) is 0.659. The molecule has 1 unspecified atom stereocenters. The van der Waals surface area contributed by atoms with E-state index in [0.29, 0.717) is 0 Å². The van der Waals surface area contributed by atoms with E-state index in [4.69, 9.17) is 0 Å². The highest BCUT2D eigenvalue weighted by Crippen LogP contribution is 2.20. The van der Waals surface area contributed by atoms with Crippen molar-refractivity contribution in [3.05, 3.63) is 0 Å². The van der Waals surface area contributed by atoms with Crippen molar-refractivity contribution in [1.29, 1.82) is 0 Å². The standard InChI is InChI=1S/C2HBrClFO/c3-2(4,5)1-6/h1H. The summed E-state index contributed by atoms with van der Waals surface area (Å²) in [4.78, 5) is 9.27. The average Bonchev–Trinajstić information content (AvgIpc) is 1.35. The second kappa shape index (κ2) is 1.89. The average molecular weight is 175 g/mol. The van der Waals surface area contributed by atoms with Gasteiger partial charge in [0.1, 0.15) is 0 Å². The number of rotatable bonds is 1. The third-order valence-electron chi connectivity index (χ3n) is 0.134. The molecule has 0 rings (SSSR count). The van der Waals surface area contributed by atoms with Crippen LogP contribution in [0.4, 0.5) is 4.39 Å². The molecule has 36 valence electrons. The van der Waals surface area contributed by atoms with Gasteiger partial charge < -0.3 is 0 Å². The van der Waals surface area contributed by atoms with Gasteiger partial charge in [-0.05, 0) is 15.9 Å². The first-order valence-corrected chi connectivity index (χ1v) is 2.26. The molecule has 0 radical (unpaired) electrons. The summed E-state index contributed by atoms with van der Waals surface area (Å²) in [6.45, 7) is 0. The summed E-state index contributed by atoms with van der Waals surface area (Å²) in [5.41, 5.74) is 0. The van der Waals surface area contributed by atoms with Crippen LogP contribution >= 0.6 is 27.5 Å². The first-order valence-electron chi connectivity index (χ1n) is 1.09. The molecule has 1 nitrogen and oxygen atoms in total. The normalized spacial score (nSPS) is 19.2. The maximum atomic E-state index is 11.4. The highest BCUT2D eigenvalue weighted by molar-refractivity contribution is 9.10. The van der Waals surface area contributed by atoms with Crippen molar-refractivity contribution in [2.75, 3.05) is 0 Å². The third-order valence-corrected chi connectivity index (χ3v) is 0.410. The van der Waals surface area contributed by atoms with Crippen molar-refractivity contribution in [2.24, 2.45) is 0 Å². The van der Waals surface area contributed by atoms with E-state index in [1.807, 2.05) is 0 Å². The summed E-state index contributed by atoms with van der Waals surface area (Å²) >= 11 is 6.81. The molecule has 0 aliphatic rings. The van der Waals surface area contributed by atoms with Gasteiger partial charge in [-0.2, -0.15) is 0 Å². The van der Waals surface area contributed by atoms with Crippen LogP contribution in [0.2, 0.25) is 0 Å². The zero-order valence-corrected chi connectivity index (χ0v) is 4.96. The summed E-state index contributed by atoms with van der Waals surface area (Å²) in [5.74, 6) is 0. The molecule has 0 saturated carbocycles. The number of hydrogen-bond acceptors (Lipinski definition) is 1. The van der Waals surface area contributed by atoms with E-state index in [0.717, 1.165) is 0 Å². The van der Waals surface area contributed by atoms with Gasteiger partial charge in [0, 0.05) is 0 Å². The van der Waals surface area contributed by atoms with Gasteiger partial charge in [0.05, 0.1) is 0 Å². The molecule has 0 heterocycles. The van der Waals surface area contributed by atoms with Gasteiger partial charge in [0.25, 0.3) is 4.04 Å². The molecule has 0 amide bonds. The molecule has 0 aromatic rings. The molecule has 0 N–H and O–H groups in total. The Morgan fingerprint density at radius 3 is 2.17 bits per heavy atom. The van der Waals surface area contributed by atoms with Gasteiger partial charge in [0.2, 0.25) is 0 Å². The molecular formula is C2HBrClFO. The van der Waals surface area contributed by atoms with E-state index < -0.39 is 4.04 Å². The topological polar surface area (TPSA) is 17.1 Å². The minimum absolute atomic E-state index is 0.0471. The van der Waals surface area contributed by atoms with E-state index in [1.54, 1.807) is 0 Å². The van der Waals surface area contributed by atoms with Crippen molar-refractivity contribution in [1.82, 2.24) is 0 Å². The van der Waals surface area contributed by atoms with Crippen molar-refractivity contribution < 1.29 is 9.18 Å².